The molecule has 4 heteroatoms. The summed E-state index contributed by atoms with van der Waals surface area (Å²) in [6.45, 7) is 2.58. The molecule has 2 aromatic rings. The van der Waals surface area contributed by atoms with Crippen LogP contribution in [0.1, 0.15) is 16.8 Å². The second kappa shape index (κ2) is 5.19. The number of benzene rings is 1. The number of nitrogens with zero attached hydrogens (tertiary/aromatic N) is 2. The van der Waals surface area contributed by atoms with E-state index >= 15 is 0 Å². The van der Waals surface area contributed by atoms with Crippen LogP contribution in [0.15, 0.2) is 36.5 Å². The molecule has 90 valence electrons. The quantitative estimate of drug-likeness (QED) is 0.805. The molecule has 0 amide bonds. The van der Waals surface area contributed by atoms with Gasteiger partial charge in [0.1, 0.15) is 6.07 Å². The molecule has 0 saturated carbocycles. The van der Waals surface area contributed by atoms with Crippen molar-refractivity contribution in [1.82, 2.24) is 4.98 Å². The van der Waals surface area contributed by atoms with Crippen LogP contribution in [-0.4, -0.2) is 4.98 Å². The average Bonchev–Trinajstić information content (AvgIpc) is 2.39. The number of aromatic nitrogens is 1. The second-order valence-corrected chi connectivity index (χ2v) is 4.08. The molecule has 0 bridgehead atoms. The van der Waals surface area contributed by atoms with Crippen molar-refractivity contribution in [2.75, 3.05) is 11.1 Å². The molecule has 1 aromatic carbocycles. The lowest BCUT2D eigenvalue weighted by molar-refractivity contribution is 1.08. The molecule has 1 heterocycles. The number of nitrogens with two attached hydrogens (primary N) is 1. The number of rotatable bonds is 3. The summed E-state index contributed by atoms with van der Waals surface area (Å²) in [4.78, 5) is 4.22. The Bertz CT molecular complexity index is 582. The van der Waals surface area contributed by atoms with Crippen LogP contribution in [0.3, 0.4) is 0 Å². The molecule has 0 fully saturated rings. The number of nitriles is 1. The van der Waals surface area contributed by atoms with Crippen molar-refractivity contribution >= 4 is 11.4 Å². The van der Waals surface area contributed by atoms with E-state index in [0.717, 1.165) is 16.9 Å². The zero-order valence-electron chi connectivity index (χ0n) is 10.1. The van der Waals surface area contributed by atoms with Crippen LogP contribution in [0.5, 0.6) is 0 Å². The van der Waals surface area contributed by atoms with Crippen molar-refractivity contribution in [3.8, 4) is 6.07 Å². The zero-order valence-corrected chi connectivity index (χ0v) is 10.1. The third-order valence-corrected chi connectivity index (χ3v) is 2.62. The molecule has 0 atom stereocenters. The summed E-state index contributed by atoms with van der Waals surface area (Å²) in [5.41, 5.74) is 9.63. The highest BCUT2D eigenvalue weighted by Gasteiger charge is 2.02. The minimum absolute atomic E-state index is 0.551. The van der Waals surface area contributed by atoms with Gasteiger partial charge in [0, 0.05) is 24.1 Å². The van der Waals surface area contributed by atoms with Crippen molar-refractivity contribution in [1.29, 1.82) is 5.26 Å². The van der Waals surface area contributed by atoms with Gasteiger partial charge in [0.25, 0.3) is 0 Å². The van der Waals surface area contributed by atoms with Gasteiger partial charge in [-0.3, -0.25) is 4.98 Å². The fourth-order valence-electron chi connectivity index (χ4n) is 1.61. The molecule has 0 aliphatic heterocycles. The molecule has 0 unspecified atom stereocenters. The standard InChI is InChI=1S/C14H14N4/c1-10-2-3-11(8-17-10)9-18-14-5-4-13(16)6-12(14)7-15/h2-6,8,18H,9,16H2,1H3. The first-order valence-corrected chi connectivity index (χ1v) is 5.64. The Morgan fingerprint density at radius 2 is 2.17 bits per heavy atom. The number of nitrogen functional groups attached to an aromatic ring is 1. The first-order valence-electron chi connectivity index (χ1n) is 5.64. The van der Waals surface area contributed by atoms with E-state index in [1.165, 1.54) is 0 Å². The number of nitrogens with one attached hydrogen (secondary N) is 1. The van der Waals surface area contributed by atoms with Crippen molar-refractivity contribution in [3.63, 3.8) is 0 Å². The van der Waals surface area contributed by atoms with E-state index in [2.05, 4.69) is 16.4 Å². The second-order valence-electron chi connectivity index (χ2n) is 4.08. The predicted molar refractivity (Wildman–Crippen MR) is 71.9 cm³/mol. The molecule has 18 heavy (non-hydrogen) atoms. The van der Waals surface area contributed by atoms with Crippen molar-refractivity contribution < 1.29 is 0 Å². The molecule has 4 nitrogen and oxygen atoms in total. The lowest BCUT2D eigenvalue weighted by Crippen LogP contribution is -2.02. The highest BCUT2D eigenvalue weighted by atomic mass is 14.9. The fourth-order valence-corrected chi connectivity index (χ4v) is 1.61. The fraction of sp³-hybridized carbons (Fsp3) is 0.143. The molecule has 1 aromatic heterocycles. The van der Waals surface area contributed by atoms with Gasteiger partial charge in [-0.2, -0.15) is 5.26 Å². The van der Waals surface area contributed by atoms with Crippen LogP contribution in [0.4, 0.5) is 11.4 Å². The molecular formula is C14H14N4. The Balaban J connectivity index is 2.11. The first-order chi connectivity index (χ1) is 8.69. The van der Waals surface area contributed by atoms with Gasteiger partial charge in [0.15, 0.2) is 0 Å². The summed E-state index contributed by atoms with van der Waals surface area (Å²) in [7, 11) is 0. The predicted octanol–water partition coefficient (Wildman–Crippen LogP) is 2.46. The minimum atomic E-state index is 0.551. The van der Waals surface area contributed by atoms with Crippen LogP contribution in [0.25, 0.3) is 0 Å². The Morgan fingerprint density at radius 3 is 2.83 bits per heavy atom. The number of hydrogen-bond acceptors (Lipinski definition) is 4. The van der Waals surface area contributed by atoms with Crippen LogP contribution < -0.4 is 11.1 Å². The van der Waals surface area contributed by atoms with Gasteiger partial charge in [-0.05, 0) is 36.8 Å². The van der Waals surface area contributed by atoms with Crippen LogP contribution in [0, 0.1) is 18.3 Å². The zero-order chi connectivity index (χ0) is 13.0. The SMILES string of the molecule is Cc1ccc(CNc2ccc(N)cc2C#N)cn1. The van der Waals surface area contributed by atoms with Gasteiger partial charge in [0.05, 0.1) is 11.3 Å². The summed E-state index contributed by atoms with van der Waals surface area (Å²) in [6, 6.07) is 11.4. The Kier molecular flexibility index (Phi) is 3.44. The van der Waals surface area contributed by atoms with Gasteiger partial charge < -0.3 is 11.1 Å². The van der Waals surface area contributed by atoms with E-state index in [1.54, 1.807) is 12.1 Å². The Labute approximate surface area is 106 Å². The van der Waals surface area contributed by atoms with Crippen molar-refractivity contribution in [2.24, 2.45) is 0 Å². The third kappa shape index (κ3) is 2.77. The number of aryl methyl sites for hydroxylation is 1. The average molecular weight is 238 g/mol. The van der Waals surface area contributed by atoms with E-state index in [1.807, 2.05) is 31.3 Å². The van der Waals surface area contributed by atoms with E-state index in [-0.39, 0.29) is 0 Å². The third-order valence-electron chi connectivity index (χ3n) is 2.62. The lowest BCUT2D eigenvalue weighted by Gasteiger charge is -2.08. The van der Waals surface area contributed by atoms with E-state index in [9.17, 15) is 0 Å². The van der Waals surface area contributed by atoms with Crippen LogP contribution in [0.2, 0.25) is 0 Å². The Morgan fingerprint density at radius 1 is 1.33 bits per heavy atom. The van der Waals surface area contributed by atoms with Gasteiger partial charge >= 0.3 is 0 Å². The van der Waals surface area contributed by atoms with E-state index in [4.69, 9.17) is 11.0 Å². The van der Waals surface area contributed by atoms with Gasteiger partial charge in [-0.15, -0.1) is 0 Å². The summed E-state index contributed by atoms with van der Waals surface area (Å²) in [5.74, 6) is 0. The Hall–Kier alpha value is -2.54. The summed E-state index contributed by atoms with van der Waals surface area (Å²) < 4.78 is 0. The highest BCUT2D eigenvalue weighted by molar-refractivity contribution is 5.63. The van der Waals surface area contributed by atoms with Crippen molar-refractivity contribution in [2.45, 2.75) is 13.5 Å². The molecule has 3 N–H and O–H groups in total. The molecular weight excluding hydrogens is 224 g/mol. The summed E-state index contributed by atoms with van der Waals surface area (Å²) >= 11 is 0. The number of hydrogen-bond donors (Lipinski definition) is 2. The maximum Gasteiger partial charge on any atom is 0.101 e. The first kappa shape index (κ1) is 11.9. The largest absolute Gasteiger partial charge is 0.399 e. The van der Waals surface area contributed by atoms with Gasteiger partial charge in [-0.1, -0.05) is 6.07 Å². The normalized spacial score (nSPS) is 9.78. The number of pyridine rings is 1. The molecule has 0 aliphatic carbocycles. The van der Waals surface area contributed by atoms with E-state index in [0.29, 0.717) is 17.8 Å². The highest BCUT2D eigenvalue weighted by Crippen LogP contribution is 2.18. The topological polar surface area (TPSA) is 74.7 Å². The molecule has 0 radical (unpaired) electrons. The minimum Gasteiger partial charge on any atom is -0.399 e. The molecule has 0 saturated heterocycles. The maximum absolute atomic E-state index is 9.02. The van der Waals surface area contributed by atoms with Gasteiger partial charge in [0.2, 0.25) is 0 Å². The number of anilines is 2. The smallest absolute Gasteiger partial charge is 0.101 e. The van der Waals surface area contributed by atoms with E-state index < -0.39 is 0 Å². The summed E-state index contributed by atoms with van der Waals surface area (Å²) in [6.07, 6.45) is 1.83. The molecule has 0 aliphatic rings. The van der Waals surface area contributed by atoms with Crippen molar-refractivity contribution in [3.05, 3.63) is 53.3 Å². The van der Waals surface area contributed by atoms with Gasteiger partial charge in [-0.25, -0.2) is 0 Å². The molecule has 2 rings (SSSR count). The van der Waals surface area contributed by atoms with Crippen LogP contribution in [-0.2, 0) is 6.54 Å². The van der Waals surface area contributed by atoms with Crippen LogP contribution >= 0.6 is 0 Å². The molecule has 0 spiro atoms. The maximum atomic E-state index is 9.02. The summed E-state index contributed by atoms with van der Waals surface area (Å²) in [5, 5.41) is 12.2. The lowest BCUT2D eigenvalue weighted by atomic mass is 10.1. The monoisotopic (exact) mass is 238 g/mol.